The van der Waals surface area contributed by atoms with Gasteiger partial charge in [-0.3, -0.25) is 0 Å². The number of nitriles is 1. The normalized spacial score (nSPS) is 11.8. The molecule has 0 unspecified atom stereocenters. The Morgan fingerprint density at radius 3 is 2.54 bits per heavy atom. The van der Waals surface area contributed by atoms with E-state index in [0.29, 0.717) is 46.3 Å². The van der Waals surface area contributed by atoms with Gasteiger partial charge in [0.25, 0.3) is 0 Å². The number of aryl methyl sites for hydroxylation is 1. The van der Waals surface area contributed by atoms with Crippen molar-refractivity contribution in [3.05, 3.63) is 57.8 Å². The first-order chi connectivity index (χ1) is 13.4. The highest BCUT2D eigenvalue weighted by atomic mass is 35.5. The number of ether oxygens (including phenoxy) is 1. The van der Waals surface area contributed by atoms with Crippen molar-refractivity contribution in [3.63, 3.8) is 0 Å². The smallest absolute Gasteiger partial charge is 0.156 e. The highest BCUT2D eigenvalue weighted by Gasteiger charge is 2.15. The standard InChI is InChI=1S/C22H21Cl2N3O/c1-4-27-20-8-6-5-7-19(20)26-22(27)16(12-25)9-15-10-17(23)21(18(24)11-15)28-13-14(2)3/h5-11,14H,4,13H2,1-3H3/b16-9-. The van der Waals surface area contributed by atoms with Crippen LogP contribution in [0.5, 0.6) is 5.75 Å². The summed E-state index contributed by atoms with van der Waals surface area (Å²) in [5, 5.41) is 10.6. The van der Waals surface area contributed by atoms with Crippen LogP contribution in [0.1, 0.15) is 32.2 Å². The molecule has 0 fully saturated rings. The van der Waals surface area contributed by atoms with Crippen LogP contribution in [-0.4, -0.2) is 16.2 Å². The van der Waals surface area contributed by atoms with Crippen molar-refractivity contribution in [2.75, 3.05) is 6.61 Å². The average molecular weight is 414 g/mol. The number of allylic oxidation sites excluding steroid dienone is 1. The van der Waals surface area contributed by atoms with E-state index < -0.39 is 0 Å². The third-order valence-corrected chi connectivity index (χ3v) is 4.79. The number of nitrogens with zero attached hydrogens (tertiary/aromatic N) is 3. The second-order valence-corrected chi connectivity index (χ2v) is 7.67. The van der Waals surface area contributed by atoms with Gasteiger partial charge < -0.3 is 9.30 Å². The van der Waals surface area contributed by atoms with Crippen LogP contribution in [0.2, 0.25) is 10.0 Å². The van der Waals surface area contributed by atoms with E-state index in [0.717, 1.165) is 16.6 Å². The Kier molecular flexibility index (Phi) is 6.28. The maximum Gasteiger partial charge on any atom is 0.156 e. The predicted molar refractivity (Wildman–Crippen MR) is 116 cm³/mol. The van der Waals surface area contributed by atoms with Crippen molar-refractivity contribution in [1.29, 1.82) is 5.26 Å². The quantitative estimate of drug-likeness (QED) is 0.435. The number of fused-ring (bicyclic) bond motifs is 1. The Labute approximate surface area is 175 Å². The molecule has 0 N–H and O–H groups in total. The molecule has 1 heterocycles. The Bertz CT molecular complexity index is 1050. The van der Waals surface area contributed by atoms with E-state index in [9.17, 15) is 5.26 Å². The summed E-state index contributed by atoms with van der Waals surface area (Å²) in [6, 6.07) is 13.6. The fourth-order valence-electron chi connectivity index (χ4n) is 2.97. The van der Waals surface area contributed by atoms with Gasteiger partial charge in [0.2, 0.25) is 0 Å². The molecule has 6 heteroatoms. The number of halogens is 2. The largest absolute Gasteiger partial charge is 0.490 e. The van der Waals surface area contributed by atoms with E-state index in [4.69, 9.17) is 27.9 Å². The van der Waals surface area contributed by atoms with Gasteiger partial charge in [-0.05, 0) is 48.7 Å². The van der Waals surface area contributed by atoms with Gasteiger partial charge in [0, 0.05) is 6.54 Å². The second kappa shape index (κ2) is 8.68. The third-order valence-electron chi connectivity index (χ3n) is 4.22. The summed E-state index contributed by atoms with van der Waals surface area (Å²) in [6.07, 6.45) is 1.75. The lowest BCUT2D eigenvalue weighted by Gasteiger charge is -2.12. The fraction of sp³-hybridized carbons (Fsp3) is 0.273. The van der Waals surface area contributed by atoms with Crippen molar-refractivity contribution >= 4 is 45.9 Å². The number of benzene rings is 2. The third kappa shape index (κ3) is 4.16. The summed E-state index contributed by atoms with van der Waals surface area (Å²) >= 11 is 12.7. The molecule has 3 rings (SSSR count). The van der Waals surface area contributed by atoms with Crippen molar-refractivity contribution in [1.82, 2.24) is 9.55 Å². The molecule has 3 aromatic rings. The number of rotatable bonds is 6. The Morgan fingerprint density at radius 2 is 1.93 bits per heavy atom. The van der Waals surface area contributed by atoms with Crippen LogP contribution in [0.25, 0.3) is 22.7 Å². The van der Waals surface area contributed by atoms with Gasteiger partial charge in [0.1, 0.15) is 6.07 Å². The van der Waals surface area contributed by atoms with Crippen LogP contribution >= 0.6 is 23.2 Å². The molecule has 28 heavy (non-hydrogen) atoms. The zero-order chi connectivity index (χ0) is 20.3. The Balaban J connectivity index is 2.03. The summed E-state index contributed by atoms with van der Waals surface area (Å²) < 4.78 is 7.73. The van der Waals surface area contributed by atoms with Crippen molar-refractivity contribution in [3.8, 4) is 11.8 Å². The van der Waals surface area contributed by atoms with Crippen LogP contribution in [0.3, 0.4) is 0 Å². The minimum absolute atomic E-state index is 0.360. The molecule has 144 valence electrons. The molecule has 0 amide bonds. The molecular formula is C22H21Cl2N3O. The SMILES string of the molecule is CCn1c(/C(C#N)=C\c2cc(Cl)c(OCC(C)C)c(Cl)c2)nc2ccccc21. The lowest BCUT2D eigenvalue weighted by atomic mass is 10.1. The van der Waals surface area contributed by atoms with E-state index in [2.05, 4.69) is 24.9 Å². The molecule has 2 aromatic carbocycles. The van der Waals surface area contributed by atoms with Crippen LogP contribution in [-0.2, 0) is 6.54 Å². The lowest BCUT2D eigenvalue weighted by molar-refractivity contribution is 0.271. The second-order valence-electron chi connectivity index (χ2n) is 6.86. The van der Waals surface area contributed by atoms with E-state index in [-0.39, 0.29) is 0 Å². The Hall–Kier alpha value is -2.48. The van der Waals surface area contributed by atoms with E-state index in [1.54, 1.807) is 18.2 Å². The average Bonchev–Trinajstić information content (AvgIpc) is 3.03. The summed E-state index contributed by atoms with van der Waals surface area (Å²) in [5.41, 5.74) is 3.02. The fourth-order valence-corrected chi connectivity index (χ4v) is 3.58. The summed E-state index contributed by atoms with van der Waals surface area (Å²) in [4.78, 5) is 4.64. The molecule has 0 spiro atoms. The molecular weight excluding hydrogens is 393 g/mol. The molecule has 0 saturated carbocycles. The van der Waals surface area contributed by atoms with Crippen LogP contribution in [0, 0.1) is 17.2 Å². The van der Waals surface area contributed by atoms with Gasteiger partial charge in [0.15, 0.2) is 11.6 Å². The summed E-state index contributed by atoms with van der Waals surface area (Å²) in [5.74, 6) is 1.45. The molecule has 0 atom stereocenters. The first kappa shape index (κ1) is 20.3. The first-order valence-electron chi connectivity index (χ1n) is 9.13. The predicted octanol–water partition coefficient (Wildman–Crippen LogP) is 6.46. The molecule has 1 aromatic heterocycles. The van der Waals surface area contributed by atoms with Gasteiger partial charge in [-0.1, -0.05) is 49.2 Å². The van der Waals surface area contributed by atoms with E-state index in [1.807, 2.05) is 35.8 Å². The zero-order valence-electron chi connectivity index (χ0n) is 16.0. The molecule has 0 radical (unpaired) electrons. The van der Waals surface area contributed by atoms with Crippen molar-refractivity contribution < 1.29 is 4.74 Å². The van der Waals surface area contributed by atoms with E-state index in [1.165, 1.54) is 0 Å². The van der Waals surface area contributed by atoms with Crippen LogP contribution < -0.4 is 4.74 Å². The maximum atomic E-state index is 9.76. The first-order valence-corrected chi connectivity index (χ1v) is 9.89. The van der Waals surface area contributed by atoms with Crippen LogP contribution in [0.4, 0.5) is 0 Å². The lowest BCUT2D eigenvalue weighted by Crippen LogP contribution is -2.05. The maximum absolute atomic E-state index is 9.76. The number of para-hydroxylation sites is 2. The minimum Gasteiger partial charge on any atom is -0.490 e. The zero-order valence-corrected chi connectivity index (χ0v) is 17.6. The topological polar surface area (TPSA) is 50.8 Å². The van der Waals surface area contributed by atoms with Gasteiger partial charge >= 0.3 is 0 Å². The molecule has 0 aliphatic heterocycles. The molecule has 0 bridgehead atoms. The van der Waals surface area contributed by atoms with Crippen molar-refractivity contribution in [2.24, 2.45) is 5.92 Å². The molecule has 0 saturated heterocycles. The number of imidazole rings is 1. The van der Waals surface area contributed by atoms with Gasteiger partial charge in [-0.2, -0.15) is 5.26 Å². The van der Waals surface area contributed by atoms with Gasteiger partial charge in [-0.15, -0.1) is 0 Å². The minimum atomic E-state index is 0.360. The highest BCUT2D eigenvalue weighted by molar-refractivity contribution is 6.37. The summed E-state index contributed by atoms with van der Waals surface area (Å²) in [7, 11) is 0. The number of aromatic nitrogens is 2. The monoisotopic (exact) mass is 413 g/mol. The Morgan fingerprint density at radius 1 is 1.25 bits per heavy atom. The van der Waals surface area contributed by atoms with Crippen molar-refractivity contribution in [2.45, 2.75) is 27.3 Å². The van der Waals surface area contributed by atoms with Crippen LogP contribution in [0.15, 0.2) is 36.4 Å². The van der Waals surface area contributed by atoms with E-state index >= 15 is 0 Å². The van der Waals surface area contributed by atoms with Gasteiger partial charge in [0.05, 0.1) is 33.3 Å². The number of hydrogen-bond acceptors (Lipinski definition) is 3. The molecule has 0 aliphatic rings. The highest BCUT2D eigenvalue weighted by Crippen LogP contribution is 2.35. The summed E-state index contributed by atoms with van der Waals surface area (Å²) in [6.45, 7) is 7.37. The molecule has 4 nitrogen and oxygen atoms in total. The molecule has 0 aliphatic carbocycles. The van der Waals surface area contributed by atoms with Gasteiger partial charge in [-0.25, -0.2) is 4.98 Å². The number of hydrogen-bond donors (Lipinski definition) is 0.